The van der Waals surface area contributed by atoms with Crippen LogP contribution in [0.15, 0.2) is 42.2 Å². The molecule has 2 aromatic rings. The first-order valence-corrected chi connectivity index (χ1v) is 13.0. The molecule has 3 aliphatic rings. The number of amides is 1. The molecule has 1 amide bonds. The number of carbonyl (C=O) groups is 2. The van der Waals surface area contributed by atoms with Crippen LogP contribution in [-0.4, -0.2) is 71.1 Å². The molecule has 2 aromatic carbocycles. The number of esters is 1. The van der Waals surface area contributed by atoms with Crippen LogP contribution in [0.4, 0.5) is 4.79 Å². The zero-order valence-corrected chi connectivity index (χ0v) is 23.1. The minimum atomic E-state index is -0.839. The van der Waals surface area contributed by atoms with Gasteiger partial charge in [0.15, 0.2) is 29.2 Å². The third-order valence-corrected chi connectivity index (χ3v) is 7.52. The standard InChI is InChI=1S/C29H33NO10/c1-6-18-14-37-29(32)30(18)27-20(9-16-7-8-21-22(10-16)39-15-38-21)19(13-25(40-27)28(31)36-5)17-11-23(33-2)26(35-4)24(12-17)34-3/h7-8,10-13,18-20,27H,6,9,14-15H2,1-5H3/t18-,19+,20+,27+/m1/s1. The second-order valence-electron chi connectivity index (χ2n) is 9.62. The molecule has 0 unspecified atom stereocenters. The van der Waals surface area contributed by atoms with Gasteiger partial charge in [0.1, 0.15) is 6.61 Å². The average molecular weight is 556 g/mol. The van der Waals surface area contributed by atoms with Crippen molar-refractivity contribution in [2.45, 2.75) is 38.0 Å². The molecular formula is C29H33NO10. The number of fused-ring (bicyclic) bond motifs is 1. The Bertz CT molecular complexity index is 1280. The number of hydrogen-bond acceptors (Lipinski definition) is 10. The van der Waals surface area contributed by atoms with E-state index in [-0.39, 0.29) is 31.1 Å². The van der Waals surface area contributed by atoms with Crippen LogP contribution in [0, 0.1) is 5.92 Å². The molecule has 5 rings (SSSR count). The van der Waals surface area contributed by atoms with Gasteiger partial charge in [-0.3, -0.25) is 4.90 Å². The van der Waals surface area contributed by atoms with Gasteiger partial charge in [0.25, 0.3) is 0 Å². The second-order valence-corrected chi connectivity index (χ2v) is 9.62. The lowest BCUT2D eigenvalue weighted by Gasteiger charge is -2.42. The number of rotatable bonds is 9. The van der Waals surface area contributed by atoms with E-state index in [0.717, 1.165) is 11.1 Å². The summed E-state index contributed by atoms with van der Waals surface area (Å²) >= 11 is 0. The fraction of sp³-hybridized carbons (Fsp3) is 0.448. The number of carbonyl (C=O) groups excluding carboxylic acids is 2. The van der Waals surface area contributed by atoms with E-state index in [4.69, 9.17) is 37.9 Å². The number of allylic oxidation sites excluding steroid dienone is 1. The molecule has 0 bridgehead atoms. The summed E-state index contributed by atoms with van der Waals surface area (Å²) in [5.41, 5.74) is 1.71. The van der Waals surface area contributed by atoms with Crippen molar-refractivity contribution in [3.05, 3.63) is 53.3 Å². The van der Waals surface area contributed by atoms with Crippen LogP contribution in [0.5, 0.6) is 28.7 Å². The van der Waals surface area contributed by atoms with Gasteiger partial charge in [-0.2, -0.15) is 0 Å². The number of nitrogens with zero attached hydrogens (tertiary/aromatic N) is 1. The Hall–Kier alpha value is -4.28. The minimum absolute atomic E-state index is 0.00254. The smallest absolute Gasteiger partial charge is 0.413 e. The van der Waals surface area contributed by atoms with Gasteiger partial charge in [-0.25, -0.2) is 9.59 Å². The number of methoxy groups -OCH3 is 4. The fourth-order valence-corrected chi connectivity index (χ4v) is 5.50. The Morgan fingerprint density at radius 1 is 0.975 bits per heavy atom. The predicted octanol–water partition coefficient (Wildman–Crippen LogP) is 4.03. The Labute approximate surface area is 232 Å². The molecule has 0 spiro atoms. The highest BCUT2D eigenvalue weighted by Crippen LogP contribution is 2.47. The molecule has 0 N–H and O–H groups in total. The first kappa shape index (κ1) is 27.3. The maximum atomic E-state index is 13.1. The molecule has 3 heterocycles. The number of hydrogen-bond donors (Lipinski definition) is 0. The normalized spacial score (nSPS) is 23.2. The van der Waals surface area contributed by atoms with Crippen LogP contribution in [-0.2, 0) is 25.4 Å². The van der Waals surface area contributed by atoms with Crippen molar-refractivity contribution >= 4 is 12.1 Å². The summed E-state index contributed by atoms with van der Waals surface area (Å²) in [4.78, 5) is 27.5. The van der Waals surface area contributed by atoms with Gasteiger partial charge in [-0.05, 0) is 54.3 Å². The first-order chi connectivity index (χ1) is 19.4. The predicted molar refractivity (Wildman–Crippen MR) is 141 cm³/mol. The van der Waals surface area contributed by atoms with E-state index in [1.165, 1.54) is 14.2 Å². The fourth-order valence-electron chi connectivity index (χ4n) is 5.50. The van der Waals surface area contributed by atoms with Crippen molar-refractivity contribution in [3.8, 4) is 28.7 Å². The van der Waals surface area contributed by atoms with Crippen molar-refractivity contribution < 1.29 is 47.5 Å². The van der Waals surface area contributed by atoms with Crippen LogP contribution >= 0.6 is 0 Å². The molecule has 0 radical (unpaired) electrons. The summed E-state index contributed by atoms with van der Waals surface area (Å²) in [5, 5.41) is 0. The Morgan fingerprint density at radius 3 is 2.35 bits per heavy atom. The van der Waals surface area contributed by atoms with Crippen LogP contribution in [0.25, 0.3) is 0 Å². The minimum Gasteiger partial charge on any atom is -0.493 e. The highest BCUT2D eigenvalue weighted by molar-refractivity contribution is 5.86. The van der Waals surface area contributed by atoms with Crippen LogP contribution in [0.2, 0.25) is 0 Å². The van der Waals surface area contributed by atoms with E-state index in [9.17, 15) is 9.59 Å². The largest absolute Gasteiger partial charge is 0.493 e. The van der Waals surface area contributed by atoms with Gasteiger partial charge in [0.2, 0.25) is 18.3 Å². The van der Waals surface area contributed by atoms with Gasteiger partial charge in [-0.15, -0.1) is 0 Å². The monoisotopic (exact) mass is 555 g/mol. The first-order valence-electron chi connectivity index (χ1n) is 13.0. The summed E-state index contributed by atoms with van der Waals surface area (Å²) in [6.07, 6.45) is 1.50. The Morgan fingerprint density at radius 2 is 1.70 bits per heavy atom. The van der Waals surface area contributed by atoms with Gasteiger partial charge in [0.05, 0.1) is 34.5 Å². The molecule has 0 aliphatic carbocycles. The topological polar surface area (TPSA) is 111 Å². The van der Waals surface area contributed by atoms with E-state index >= 15 is 0 Å². The average Bonchev–Trinajstić information content (AvgIpc) is 3.61. The summed E-state index contributed by atoms with van der Waals surface area (Å²) in [7, 11) is 5.90. The Balaban J connectivity index is 1.66. The summed E-state index contributed by atoms with van der Waals surface area (Å²) in [6, 6.07) is 9.19. The molecule has 11 nitrogen and oxygen atoms in total. The molecule has 1 saturated heterocycles. The number of ether oxygens (including phenoxy) is 8. The van der Waals surface area contributed by atoms with Crippen LogP contribution < -0.4 is 23.7 Å². The number of cyclic esters (lactones) is 1. The lowest BCUT2D eigenvalue weighted by molar-refractivity contribution is -0.147. The quantitative estimate of drug-likeness (QED) is 0.421. The highest BCUT2D eigenvalue weighted by Gasteiger charge is 2.48. The van der Waals surface area contributed by atoms with E-state index in [0.29, 0.717) is 41.6 Å². The lowest BCUT2D eigenvalue weighted by atomic mass is 9.78. The van der Waals surface area contributed by atoms with E-state index in [1.54, 1.807) is 25.2 Å². The van der Waals surface area contributed by atoms with Crippen molar-refractivity contribution in [2.75, 3.05) is 41.8 Å². The number of benzene rings is 2. The summed E-state index contributed by atoms with van der Waals surface area (Å²) in [5.74, 6) is 1.23. The molecule has 1 fully saturated rings. The van der Waals surface area contributed by atoms with E-state index < -0.39 is 24.2 Å². The molecule has 3 aliphatic heterocycles. The lowest BCUT2D eigenvalue weighted by Crippen LogP contribution is -2.51. The van der Waals surface area contributed by atoms with Crippen molar-refractivity contribution in [1.82, 2.24) is 4.90 Å². The molecule has 0 aromatic heterocycles. The maximum absolute atomic E-state index is 13.1. The van der Waals surface area contributed by atoms with Gasteiger partial charge in [0, 0.05) is 11.8 Å². The molecule has 0 saturated carbocycles. The second kappa shape index (κ2) is 11.4. The molecular weight excluding hydrogens is 522 g/mol. The Kier molecular flexibility index (Phi) is 7.81. The summed E-state index contributed by atoms with van der Waals surface area (Å²) in [6.45, 7) is 2.37. The summed E-state index contributed by atoms with van der Waals surface area (Å²) < 4.78 is 44.6. The highest BCUT2D eigenvalue weighted by atomic mass is 16.7. The van der Waals surface area contributed by atoms with Crippen molar-refractivity contribution in [1.29, 1.82) is 0 Å². The van der Waals surface area contributed by atoms with Crippen LogP contribution in [0.3, 0.4) is 0 Å². The van der Waals surface area contributed by atoms with Crippen molar-refractivity contribution in [3.63, 3.8) is 0 Å². The molecule has 4 atom stereocenters. The molecule has 40 heavy (non-hydrogen) atoms. The third-order valence-electron chi connectivity index (χ3n) is 7.52. The maximum Gasteiger partial charge on any atom is 0.413 e. The van der Waals surface area contributed by atoms with Gasteiger partial charge in [-0.1, -0.05) is 13.0 Å². The zero-order chi connectivity index (χ0) is 28.4. The molecule has 11 heteroatoms. The SMILES string of the molecule is CC[C@@H]1COC(=O)N1[C@H]1OC(C(=O)OC)=C[C@@H](c2cc(OC)c(OC)c(OC)c2)[C@@H]1Cc1ccc2c(c1)OCO2. The van der Waals surface area contributed by atoms with Crippen LogP contribution in [0.1, 0.15) is 30.4 Å². The van der Waals surface area contributed by atoms with Gasteiger partial charge >= 0.3 is 12.1 Å². The molecule has 214 valence electrons. The van der Waals surface area contributed by atoms with Crippen molar-refractivity contribution in [2.24, 2.45) is 5.92 Å². The third kappa shape index (κ3) is 4.91. The van der Waals surface area contributed by atoms with Gasteiger partial charge < -0.3 is 37.9 Å². The zero-order valence-electron chi connectivity index (χ0n) is 23.1. The van der Waals surface area contributed by atoms with E-state index in [1.807, 2.05) is 37.3 Å². The van der Waals surface area contributed by atoms with E-state index in [2.05, 4.69) is 0 Å².